The predicted molar refractivity (Wildman–Crippen MR) is 114 cm³/mol. The van der Waals surface area contributed by atoms with Crippen molar-refractivity contribution in [2.75, 3.05) is 6.61 Å². The zero-order valence-corrected chi connectivity index (χ0v) is 18.0. The normalized spacial score (nSPS) is 12.3. The van der Waals surface area contributed by atoms with Gasteiger partial charge in [-0.3, -0.25) is 4.79 Å². The van der Waals surface area contributed by atoms with Gasteiger partial charge in [0.15, 0.2) is 0 Å². The highest BCUT2D eigenvalue weighted by Gasteiger charge is 2.05. The molecule has 1 unspecified atom stereocenters. The van der Waals surface area contributed by atoms with E-state index in [-0.39, 0.29) is 5.97 Å². The van der Waals surface area contributed by atoms with Crippen molar-refractivity contribution < 1.29 is 9.53 Å². The fraction of sp³-hybridized carbons (Fsp3) is 0.955. The summed E-state index contributed by atoms with van der Waals surface area (Å²) in [6.07, 6.45) is 21.0. The van der Waals surface area contributed by atoms with Crippen molar-refractivity contribution >= 4 is 18.6 Å². The van der Waals surface area contributed by atoms with Gasteiger partial charge in [0.25, 0.3) is 0 Å². The van der Waals surface area contributed by atoms with Crippen LogP contribution in [0.4, 0.5) is 0 Å². The van der Waals surface area contributed by atoms with Crippen LogP contribution in [-0.2, 0) is 9.53 Å². The van der Waals surface area contributed by atoms with Gasteiger partial charge in [0.2, 0.25) is 0 Å². The summed E-state index contributed by atoms with van der Waals surface area (Å²) in [5.74, 6) is -0.0277. The molecule has 1 atom stereocenters. The number of hydrogen-bond acceptors (Lipinski definition) is 3. The Kier molecular flexibility index (Phi) is 20.0. The number of rotatable bonds is 19. The number of hydrogen-bond donors (Lipinski definition) is 1. The van der Waals surface area contributed by atoms with Gasteiger partial charge >= 0.3 is 5.97 Å². The molecular weight excluding hydrogens is 328 g/mol. The fourth-order valence-electron chi connectivity index (χ4n) is 3.15. The molecule has 25 heavy (non-hydrogen) atoms. The van der Waals surface area contributed by atoms with Gasteiger partial charge < -0.3 is 4.74 Å². The van der Waals surface area contributed by atoms with Crippen LogP contribution in [0.15, 0.2) is 0 Å². The second kappa shape index (κ2) is 20.1. The smallest absolute Gasteiger partial charge is 0.305 e. The number of carbonyl (C=O) groups excluding carboxylic acids is 1. The van der Waals surface area contributed by atoms with Crippen molar-refractivity contribution in [1.29, 1.82) is 0 Å². The van der Waals surface area contributed by atoms with Gasteiger partial charge in [-0.05, 0) is 19.3 Å². The van der Waals surface area contributed by atoms with Crippen LogP contribution in [0.25, 0.3) is 0 Å². The maximum absolute atomic E-state index is 11.6. The van der Waals surface area contributed by atoms with Crippen molar-refractivity contribution in [3.8, 4) is 0 Å². The molecule has 3 heteroatoms. The Bertz CT molecular complexity index is 281. The first-order valence-corrected chi connectivity index (χ1v) is 11.6. The molecule has 0 aliphatic carbocycles. The molecule has 0 saturated heterocycles. The molecule has 0 aliphatic heterocycles. The molecule has 0 heterocycles. The molecule has 0 bridgehead atoms. The van der Waals surface area contributed by atoms with Crippen LogP contribution in [0.1, 0.15) is 123 Å². The Morgan fingerprint density at radius 1 is 0.720 bits per heavy atom. The molecule has 0 spiro atoms. The Morgan fingerprint density at radius 2 is 1.20 bits per heavy atom. The van der Waals surface area contributed by atoms with E-state index in [1.54, 1.807) is 0 Å². The quantitative estimate of drug-likeness (QED) is 0.144. The van der Waals surface area contributed by atoms with E-state index >= 15 is 0 Å². The third-order valence-electron chi connectivity index (χ3n) is 4.82. The highest BCUT2D eigenvalue weighted by Crippen LogP contribution is 2.13. The van der Waals surface area contributed by atoms with Crippen molar-refractivity contribution in [2.24, 2.45) is 0 Å². The van der Waals surface area contributed by atoms with E-state index in [2.05, 4.69) is 26.5 Å². The summed E-state index contributed by atoms with van der Waals surface area (Å²) in [5, 5.41) is 0.370. The van der Waals surface area contributed by atoms with Crippen LogP contribution in [0, 0.1) is 0 Å². The molecule has 0 radical (unpaired) electrons. The number of unbranched alkanes of at least 4 members (excludes halogenated alkanes) is 12. The van der Waals surface area contributed by atoms with E-state index in [0.717, 1.165) is 32.1 Å². The van der Waals surface area contributed by atoms with Crippen molar-refractivity contribution in [2.45, 2.75) is 128 Å². The van der Waals surface area contributed by atoms with Crippen LogP contribution in [-0.4, -0.2) is 17.8 Å². The molecule has 0 fully saturated rings. The Morgan fingerprint density at radius 3 is 1.68 bits per heavy atom. The van der Waals surface area contributed by atoms with Gasteiger partial charge in [0, 0.05) is 11.7 Å². The molecule has 0 aromatic carbocycles. The summed E-state index contributed by atoms with van der Waals surface area (Å²) < 4.78 is 5.28. The zero-order chi connectivity index (χ0) is 18.6. The minimum absolute atomic E-state index is 0.0277. The van der Waals surface area contributed by atoms with E-state index in [9.17, 15) is 4.79 Å². The molecule has 0 aliphatic rings. The van der Waals surface area contributed by atoms with E-state index in [4.69, 9.17) is 4.74 Å². The number of thiol groups is 1. The van der Waals surface area contributed by atoms with E-state index in [1.807, 2.05) is 0 Å². The van der Waals surface area contributed by atoms with Crippen molar-refractivity contribution in [3.63, 3.8) is 0 Å². The lowest BCUT2D eigenvalue weighted by Gasteiger charge is -2.09. The number of esters is 1. The van der Waals surface area contributed by atoms with Gasteiger partial charge in [0.05, 0.1) is 6.61 Å². The summed E-state index contributed by atoms with van der Waals surface area (Å²) in [6.45, 7) is 4.96. The van der Waals surface area contributed by atoms with Crippen LogP contribution in [0.5, 0.6) is 0 Å². The molecule has 0 rings (SSSR count). The lowest BCUT2D eigenvalue weighted by molar-refractivity contribution is -0.143. The van der Waals surface area contributed by atoms with E-state index < -0.39 is 0 Å². The molecule has 0 amide bonds. The molecule has 0 N–H and O–H groups in total. The summed E-state index contributed by atoms with van der Waals surface area (Å²) in [4.78, 5) is 11.6. The average molecular weight is 373 g/mol. The minimum Gasteiger partial charge on any atom is -0.466 e. The number of carbonyl (C=O) groups is 1. The first-order chi connectivity index (χ1) is 12.2. The SMILES string of the molecule is CCCCCCCCCCCCCCCC(=O)OCCC(S)CCC. The zero-order valence-electron chi connectivity index (χ0n) is 17.1. The van der Waals surface area contributed by atoms with Crippen molar-refractivity contribution in [1.82, 2.24) is 0 Å². The largest absolute Gasteiger partial charge is 0.466 e. The van der Waals surface area contributed by atoms with Gasteiger partial charge in [0.1, 0.15) is 0 Å². The standard InChI is InChI=1S/C22H44O2S/c1-3-5-6-7-8-9-10-11-12-13-14-15-16-18-22(23)24-20-19-21(25)17-4-2/h21,25H,3-20H2,1-2H3. The maximum Gasteiger partial charge on any atom is 0.305 e. The Labute approximate surface area is 163 Å². The van der Waals surface area contributed by atoms with Crippen LogP contribution < -0.4 is 0 Å². The third-order valence-corrected chi connectivity index (χ3v) is 5.34. The second-order valence-corrected chi connectivity index (χ2v) is 8.17. The van der Waals surface area contributed by atoms with E-state index in [1.165, 1.54) is 70.6 Å². The maximum atomic E-state index is 11.6. The third kappa shape index (κ3) is 20.0. The molecule has 2 nitrogen and oxygen atoms in total. The van der Waals surface area contributed by atoms with Gasteiger partial charge in [-0.2, -0.15) is 12.6 Å². The lowest BCUT2D eigenvalue weighted by Crippen LogP contribution is -2.09. The first-order valence-electron chi connectivity index (χ1n) is 11.0. The van der Waals surface area contributed by atoms with Crippen LogP contribution >= 0.6 is 12.6 Å². The summed E-state index contributed by atoms with van der Waals surface area (Å²) in [5.41, 5.74) is 0. The Balaban J connectivity index is 3.18. The topological polar surface area (TPSA) is 26.3 Å². The van der Waals surface area contributed by atoms with Gasteiger partial charge in [-0.1, -0.05) is 97.3 Å². The van der Waals surface area contributed by atoms with E-state index in [0.29, 0.717) is 18.3 Å². The second-order valence-electron chi connectivity index (χ2n) is 7.44. The highest BCUT2D eigenvalue weighted by molar-refractivity contribution is 7.80. The van der Waals surface area contributed by atoms with Gasteiger partial charge in [-0.25, -0.2) is 0 Å². The summed E-state index contributed by atoms with van der Waals surface area (Å²) >= 11 is 4.48. The fourth-order valence-corrected chi connectivity index (χ4v) is 3.51. The molecule has 150 valence electrons. The predicted octanol–water partition coefficient (Wildman–Crippen LogP) is 7.50. The first kappa shape index (κ1) is 24.8. The highest BCUT2D eigenvalue weighted by atomic mass is 32.1. The Hall–Kier alpha value is -0.180. The minimum atomic E-state index is -0.0277. The summed E-state index contributed by atoms with van der Waals surface area (Å²) in [7, 11) is 0. The van der Waals surface area contributed by atoms with Crippen molar-refractivity contribution in [3.05, 3.63) is 0 Å². The molecule has 0 aromatic heterocycles. The van der Waals surface area contributed by atoms with Crippen LogP contribution in [0.3, 0.4) is 0 Å². The molecular formula is C22H44O2S. The monoisotopic (exact) mass is 372 g/mol. The summed E-state index contributed by atoms with van der Waals surface area (Å²) in [6, 6.07) is 0. The van der Waals surface area contributed by atoms with Crippen LogP contribution in [0.2, 0.25) is 0 Å². The average Bonchev–Trinajstić information content (AvgIpc) is 2.59. The van der Waals surface area contributed by atoms with Gasteiger partial charge in [-0.15, -0.1) is 0 Å². The molecule has 0 saturated carbocycles. The lowest BCUT2D eigenvalue weighted by atomic mass is 10.0. The number of ether oxygens (including phenoxy) is 1. The molecule has 0 aromatic rings.